The van der Waals surface area contributed by atoms with E-state index in [4.69, 9.17) is 14.6 Å². The lowest BCUT2D eigenvalue weighted by atomic mass is 10.1. The first-order chi connectivity index (χ1) is 11.2. The SMILES string of the molecule is CC(C)(C)OC(=O)N1C[C@H](OCc2ccccc2)C[C@H]1CC(=O)O. The Morgan fingerprint density at radius 3 is 2.50 bits per heavy atom. The molecule has 1 amide bonds. The molecule has 132 valence electrons. The number of nitrogens with zero attached hydrogens (tertiary/aromatic N) is 1. The van der Waals surface area contributed by atoms with Crippen molar-refractivity contribution >= 4 is 12.1 Å². The Labute approximate surface area is 142 Å². The smallest absolute Gasteiger partial charge is 0.410 e. The van der Waals surface area contributed by atoms with Crippen LogP contribution in [0.15, 0.2) is 30.3 Å². The van der Waals surface area contributed by atoms with Crippen LogP contribution in [0.4, 0.5) is 4.79 Å². The first-order valence-electron chi connectivity index (χ1n) is 8.11. The van der Waals surface area contributed by atoms with Crippen molar-refractivity contribution in [3.63, 3.8) is 0 Å². The number of carbonyl (C=O) groups excluding carboxylic acids is 1. The molecule has 1 aromatic rings. The maximum atomic E-state index is 12.3. The number of likely N-dealkylation sites (tertiary alicyclic amines) is 1. The Balaban J connectivity index is 1.98. The monoisotopic (exact) mass is 335 g/mol. The number of aliphatic carboxylic acids is 1. The van der Waals surface area contributed by atoms with E-state index in [1.54, 1.807) is 20.8 Å². The van der Waals surface area contributed by atoms with Gasteiger partial charge in [0.25, 0.3) is 0 Å². The fraction of sp³-hybridized carbons (Fsp3) is 0.556. The lowest BCUT2D eigenvalue weighted by Gasteiger charge is -2.27. The van der Waals surface area contributed by atoms with Gasteiger partial charge in [0.1, 0.15) is 5.60 Å². The maximum absolute atomic E-state index is 12.3. The molecule has 1 saturated heterocycles. The molecule has 0 spiro atoms. The molecule has 1 aliphatic rings. The first-order valence-corrected chi connectivity index (χ1v) is 8.11. The minimum atomic E-state index is -0.933. The van der Waals surface area contributed by atoms with Crippen LogP contribution >= 0.6 is 0 Å². The number of amides is 1. The van der Waals surface area contributed by atoms with Crippen LogP contribution in [0.3, 0.4) is 0 Å². The minimum absolute atomic E-state index is 0.107. The quantitative estimate of drug-likeness (QED) is 0.895. The van der Waals surface area contributed by atoms with Crippen molar-refractivity contribution in [2.24, 2.45) is 0 Å². The summed E-state index contributed by atoms with van der Waals surface area (Å²) in [6.07, 6.45) is -0.287. The van der Waals surface area contributed by atoms with Crippen LogP contribution in [0, 0.1) is 0 Å². The highest BCUT2D eigenvalue weighted by Gasteiger charge is 2.39. The molecule has 0 aliphatic carbocycles. The standard InChI is InChI=1S/C18H25NO5/c1-18(2,3)24-17(22)19-11-15(9-14(19)10-16(20)21)23-12-13-7-5-4-6-8-13/h4-8,14-15H,9-12H2,1-3H3,(H,20,21)/t14-,15+/m0/s1. The van der Waals surface area contributed by atoms with Crippen molar-refractivity contribution in [1.29, 1.82) is 0 Å². The lowest BCUT2D eigenvalue weighted by molar-refractivity contribution is -0.138. The van der Waals surface area contributed by atoms with Crippen LogP contribution in [-0.4, -0.2) is 46.4 Å². The molecule has 2 atom stereocenters. The van der Waals surface area contributed by atoms with Gasteiger partial charge >= 0.3 is 12.1 Å². The van der Waals surface area contributed by atoms with Gasteiger partial charge in [0, 0.05) is 6.04 Å². The number of ether oxygens (including phenoxy) is 2. The predicted octanol–water partition coefficient (Wildman–Crippen LogP) is 3.06. The zero-order chi connectivity index (χ0) is 17.7. The zero-order valence-corrected chi connectivity index (χ0v) is 14.4. The van der Waals surface area contributed by atoms with Crippen molar-refractivity contribution in [3.8, 4) is 0 Å². The van der Waals surface area contributed by atoms with E-state index < -0.39 is 23.7 Å². The molecule has 1 aromatic carbocycles. The molecular formula is C18H25NO5. The molecule has 1 heterocycles. The van der Waals surface area contributed by atoms with Crippen molar-refractivity contribution < 1.29 is 24.2 Å². The molecule has 1 aliphatic heterocycles. The number of hydrogen-bond acceptors (Lipinski definition) is 4. The third-order valence-corrected chi connectivity index (χ3v) is 3.74. The van der Waals surface area contributed by atoms with Crippen molar-refractivity contribution in [2.45, 2.75) is 58.0 Å². The van der Waals surface area contributed by atoms with Crippen LogP contribution < -0.4 is 0 Å². The van der Waals surface area contributed by atoms with Gasteiger partial charge in [-0.25, -0.2) is 4.79 Å². The maximum Gasteiger partial charge on any atom is 0.410 e. The van der Waals surface area contributed by atoms with Crippen LogP contribution in [0.5, 0.6) is 0 Å². The summed E-state index contributed by atoms with van der Waals surface area (Å²) in [4.78, 5) is 24.9. The van der Waals surface area contributed by atoms with Gasteiger partial charge < -0.3 is 19.5 Å². The Hall–Kier alpha value is -2.08. The van der Waals surface area contributed by atoms with Gasteiger partial charge in [-0.15, -0.1) is 0 Å². The fourth-order valence-electron chi connectivity index (χ4n) is 2.72. The van der Waals surface area contributed by atoms with Crippen molar-refractivity contribution in [2.75, 3.05) is 6.54 Å². The molecule has 0 aromatic heterocycles. The molecule has 1 N–H and O–H groups in total. The summed E-state index contributed by atoms with van der Waals surface area (Å²) in [5, 5.41) is 9.08. The number of benzene rings is 1. The minimum Gasteiger partial charge on any atom is -0.481 e. The molecule has 2 rings (SSSR count). The van der Waals surface area contributed by atoms with E-state index in [1.807, 2.05) is 30.3 Å². The third kappa shape index (κ3) is 5.53. The van der Waals surface area contributed by atoms with Gasteiger partial charge in [-0.05, 0) is 32.8 Å². The highest BCUT2D eigenvalue weighted by Crippen LogP contribution is 2.26. The second-order valence-corrected chi connectivity index (χ2v) is 7.04. The molecule has 6 nitrogen and oxygen atoms in total. The van der Waals surface area contributed by atoms with Gasteiger partial charge in [-0.3, -0.25) is 4.79 Å². The topological polar surface area (TPSA) is 76.1 Å². The van der Waals surface area contributed by atoms with E-state index >= 15 is 0 Å². The number of hydrogen-bond donors (Lipinski definition) is 1. The third-order valence-electron chi connectivity index (χ3n) is 3.74. The zero-order valence-electron chi connectivity index (χ0n) is 14.4. The number of carbonyl (C=O) groups is 2. The largest absolute Gasteiger partial charge is 0.481 e. The number of carboxylic acids is 1. The van der Waals surface area contributed by atoms with E-state index in [1.165, 1.54) is 4.90 Å². The molecule has 0 unspecified atom stereocenters. The van der Waals surface area contributed by atoms with E-state index in [0.717, 1.165) is 5.56 Å². The van der Waals surface area contributed by atoms with E-state index in [-0.39, 0.29) is 12.5 Å². The second-order valence-electron chi connectivity index (χ2n) is 7.04. The van der Waals surface area contributed by atoms with Crippen LogP contribution in [0.1, 0.15) is 39.2 Å². The van der Waals surface area contributed by atoms with Gasteiger partial charge in [0.15, 0.2) is 0 Å². The van der Waals surface area contributed by atoms with Crippen molar-refractivity contribution in [3.05, 3.63) is 35.9 Å². The molecule has 6 heteroatoms. The fourth-order valence-corrected chi connectivity index (χ4v) is 2.72. The van der Waals surface area contributed by atoms with Gasteiger partial charge in [-0.2, -0.15) is 0 Å². The molecule has 1 fully saturated rings. The summed E-state index contributed by atoms with van der Waals surface area (Å²) in [5.41, 5.74) is 0.427. The molecular weight excluding hydrogens is 310 g/mol. The van der Waals surface area contributed by atoms with E-state index in [0.29, 0.717) is 19.6 Å². The highest BCUT2D eigenvalue weighted by atomic mass is 16.6. The van der Waals surface area contributed by atoms with Crippen molar-refractivity contribution in [1.82, 2.24) is 4.90 Å². The van der Waals surface area contributed by atoms with E-state index in [2.05, 4.69) is 0 Å². The highest BCUT2D eigenvalue weighted by molar-refractivity contribution is 5.72. The summed E-state index contributed by atoms with van der Waals surface area (Å²) in [6, 6.07) is 9.34. The van der Waals surface area contributed by atoms with E-state index in [9.17, 15) is 9.59 Å². The molecule has 0 saturated carbocycles. The second kappa shape index (κ2) is 7.66. The summed E-state index contributed by atoms with van der Waals surface area (Å²) >= 11 is 0. The lowest BCUT2D eigenvalue weighted by Crippen LogP contribution is -2.41. The summed E-state index contributed by atoms with van der Waals surface area (Å²) in [7, 11) is 0. The Morgan fingerprint density at radius 2 is 1.92 bits per heavy atom. The Kier molecular flexibility index (Phi) is 5.83. The summed E-state index contributed by atoms with van der Waals surface area (Å²) < 4.78 is 11.3. The molecule has 24 heavy (non-hydrogen) atoms. The average molecular weight is 335 g/mol. The summed E-state index contributed by atoms with van der Waals surface area (Å²) in [5.74, 6) is -0.933. The molecule has 0 radical (unpaired) electrons. The average Bonchev–Trinajstić information content (AvgIpc) is 2.87. The summed E-state index contributed by atoms with van der Waals surface area (Å²) in [6.45, 7) is 6.15. The van der Waals surface area contributed by atoms with Crippen LogP contribution in [-0.2, 0) is 20.9 Å². The normalized spacial score (nSPS) is 20.9. The Bertz CT molecular complexity index is 567. The van der Waals surface area contributed by atoms with Crippen LogP contribution in [0.25, 0.3) is 0 Å². The first kappa shape index (κ1) is 18.3. The van der Waals surface area contributed by atoms with Gasteiger partial charge in [0.05, 0.1) is 25.7 Å². The molecule has 0 bridgehead atoms. The van der Waals surface area contributed by atoms with Gasteiger partial charge in [-0.1, -0.05) is 30.3 Å². The van der Waals surface area contributed by atoms with Gasteiger partial charge in [0.2, 0.25) is 0 Å². The number of rotatable bonds is 5. The Morgan fingerprint density at radius 1 is 1.25 bits per heavy atom. The predicted molar refractivity (Wildman–Crippen MR) is 88.6 cm³/mol. The van der Waals surface area contributed by atoms with Crippen LogP contribution in [0.2, 0.25) is 0 Å². The number of carboxylic acid groups (broad SMARTS) is 1.